The van der Waals surface area contributed by atoms with Gasteiger partial charge in [0, 0.05) is 22.9 Å². The van der Waals surface area contributed by atoms with Gasteiger partial charge in [0.25, 0.3) is 30.4 Å². The number of hydrogen-bond donors (Lipinski definition) is 8. The largest absolute Gasteiger partial charge is 0.505 e. The van der Waals surface area contributed by atoms with Crippen molar-refractivity contribution in [3.63, 3.8) is 0 Å². The lowest BCUT2D eigenvalue weighted by molar-refractivity contribution is 0.0690. The average Bonchev–Trinajstić information content (AvgIpc) is 3.65. The number of ether oxygens (including phenoxy) is 2. The molecule has 1 aromatic heterocycles. The smallest absolute Gasteiger partial charge is 0.425 e. The Morgan fingerprint density at radius 3 is 1.74 bits per heavy atom. The molecule has 376 valence electrons. The normalized spacial score (nSPS) is 12.2. The Bertz CT molecular complexity index is 3830. The van der Waals surface area contributed by atoms with Crippen molar-refractivity contribution in [1.82, 2.24) is 9.78 Å². The van der Waals surface area contributed by atoms with Crippen LogP contribution in [0.5, 0.6) is 23.1 Å². The zero-order chi connectivity index (χ0) is 52.7. The second kappa shape index (κ2) is 21.8. The Hall–Kier alpha value is -8.21. The Balaban J connectivity index is 0.00000204. The van der Waals surface area contributed by atoms with Crippen LogP contribution in [0.1, 0.15) is 10.5 Å². The van der Waals surface area contributed by atoms with Crippen molar-refractivity contribution in [1.29, 1.82) is 0 Å². The summed E-state index contributed by atoms with van der Waals surface area (Å²) in [7, 11) is -17.7. The number of aliphatic hydroxyl groups is 2. The summed E-state index contributed by atoms with van der Waals surface area (Å²) >= 11 is 0. The molecule has 7 aromatic rings. The summed E-state index contributed by atoms with van der Waals surface area (Å²) in [6.07, 6.45) is 0. The lowest BCUT2D eigenvalue weighted by Crippen LogP contribution is -2.04. The number of carbonyl (C=O) groups is 1. The van der Waals surface area contributed by atoms with Crippen LogP contribution in [-0.4, -0.2) is 119 Å². The Kier molecular flexibility index (Phi) is 16.1. The second-order valence-corrected chi connectivity index (χ2v) is 18.6. The Labute approximate surface area is 405 Å². The number of hydrogen-bond acceptors (Lipinski definition) is 23. The lowest BCUT2D eigenvalue weighted by Gasteiger charge is -2.13. The molecule has 0 spiro atoms. The van der Waals surface area contributed by atoms with Crippen LogP contribution in [0.2, 0.25) is 0 Å². The number of rotatable bonds is 17. The minimum Gasteiger partial charge on any atom is -0.505 e. The van der Waals surface area contributed by atoms with E-state index in [-0.39, 0.29) is 69.3 Å². The fourth-order valence-electron chi connectivity index (χ4n) is 6.40. The van der Waals surface area contributed by atoms with Crippen LogP contribution in [0, 0.1) is 0 Å². The van der Waals surface area contributed by atoms with E-state index in [9.17, 15) is 69.2 Å². The monoisotopic (exact) mass is 1070 g/mol. The maximum atomic E-state index is 12.8. The number of aromatic nitrogens is 2. The maximum Gasteiger partial charge on any atom is 0.425 e. The van der Waals surface area contributed by atoms with Crippen LogP contribution < -0.4 is 9.47 Å². The molecule has 7 rings (SSSR count). The lowest BCUT2D eigenvalue weighted by atomic mass is 10.1. The quantitative estimate of drug-likeness (QED) is 0.0382. The molecular weight excluding hydrogens is 1040 g/mol. The summed E-state index contributed by atoms with van der Waals surface area (Å²) in [6, 6.07) is 20.1. The molecule has 0 bridgehead atoms. The Morgan fingerprint density at radius 1 is 0.611 bits per heavy atom. The third-order valence-electron chi connectivity index (χ3n) is 9.37. The van der Waals surface area contributed by atoms with Crippen molar-refractivity contribution in [2.75, 3.05) is 26.4 Å². The van der Waals surface area contributed by atoms with Gasteiger partial charge in [-0.05, 0) is 65.4 Å². The molecule has 32 heteroatoms. The summed E-state index contributed by atoms with van der Waals surface area (Å²) in [5, 5.41) is 79.3. The van der Waals surface area contributed by atoms with Crippen molar-refractivity contribution in [2.24, 2.45) is 30.7 Å². The van der Waals surface area contributed by atoms with Gasteiger partial charge in [0.2, 0.25) is 11.6 Å². The second-order valence-electron chi connectivity index (χ2n) is 14.0. The summed E-state index contributed by atoms with van der Waals surface area (Å²) in [5.74, 6) is -3.80. The molecule has 0 saturated heterocycles. The summed E-state index contributed by atoms with van der Waals surface area (Å²) in [4.78, 5) is 10.1. The van der Waals surface area contributed by atoms with E-state index in [0.717, 1.165) is 48.5 Å². The van der Waals surface area contributed by atoms with Crippen molar-refractivity contribution in [3.05, 3.63) is 103 Å². The van der Waals surface area contributed by atoms with Gasteiger partial charge in [0.15, 0.2) is 11.4 Å². The molecule has 0 atom stereocenters. The average molecular weight is 1070 g/mol. The van der Waals surface area contributed by atoms with E-state index in [0.29, 0.717) is 10.1 Å². The van der Waals surface area contributed by atoms with E-state index in [1.54, 1.807) is 24.3 Å². The number of carboxylic acid groups (broad SMARTS) is 1. The number of azo groups is 3. The fourth-order valence-corrected chi connectivity index (χ4v) is 8.38. The number of carboxylic acids is 1. The summed E-state index contributed by atoms with van der Waals surface area (Å²) in [5.41, 5.74) is -3.12. The van der Waals surface area contributed by atoms with Gasteiger partial charge in [-0.25, -0.2) is 4.79 Å². The predicted octanol–water partition coefficient (Wildman–Crippen LogP) is 6.01. The number of aromatic hydroxyl groups is 2. The molecule has 28 nitrogen and oxygen atoms in total. The van der Waals surface area contributed by atoms with Crippen LogP contribution in [0.3, 0.4) is 0 Å². The first kappa shape index (κ1) is 53.1. The molecule has 1 heterocycles. The van der Waals surface area contributed by atoms with Crippen molar-refractivity contribution in [2.45, 2.75) is 14.7 Å². The van der Waals surface area contributed by atoms with E-state index >= 15 is 0 Å². The minimum atomic E-state index is -5.25. The summed E-state index contributed by atoms with van der Waals surface area (Å²) < 4.78 is 140. The van der Waals surface area contributed by atoms with E-state index in [1.807, 2.05) is 0 Å². The van der Waals surface area contributed by atoms with Crippen LogP contribution >= 0.6 is 0 Å². The third-order valence-corrected chi connectivity index (χ3v) is 12.1. The third kappa shape index (κ3) is 12.4. The van der Waals surface area contributed by atoms with Gasteiger partial charge in [0.1, 0.15) is 57.3 Å². The highest BCUT2D eigenvalue weighted by molar-refractivity contribution is 7.86. The van der Waals surface area contributed by atoms with Crippen LogP contribution in [0.25, 0.3) is 27.2 Å². The zero-order valence-corrected chi connectivity index (χ0v) is 39.0. The van der Waals surface area contributed by atoms with E-state index in [2.05, 4.69) is 35.8 Å². The van der Waals surface area contributed by atoms with Gasteiger partial charge in [-0.3, -0.25) is 13.7 Å². The van der Waals surface area contributed by atoms with Crippen LogP contribution in [0.15, 0.2) is 142 Å². The predicted molar refractivity (Wildman–Crippen MR) is 245 cm³/mol. The first-order valence-electron chi connectivity index (χ1n) is 19.5. The highest BCUT2D eigenvalue weighted by Gasteiger charge is 2.27. The van der Waals surface area contributed by atoms with E-state index in [4.69, 9.17) is 22.1 Å². The first-order valence-corrected chi connectivity index (χ1v) is 24.8. The zero-order valence-electron chi connectivity index (χ0n) is 35.8. The van der Waals surface area contributed by atoms with Gasteiger partial charge in [-0.15, -0.1) is 38.2 Å². The molecule has 0 saturated carbocycles. The van der Waals surface area contributed by atoms with Crippen LogP contribution in [-0.2, 0) is 41.0 Å². The van der Waals surface area contributed by atoms with Crippen molar-refractivity contribution < 1.29 is 91.3 Å². The van der Waals surface area contributed by atoms with Crippen molar-refractivity contribution >= 4 is 103 Å². The fraction of sp³-hybridized carbons (Fsp3) is 0.100. The molecule has 0 fully saturated rings. The molecule has 0 radical (unpaired) electrons. The molecular formula is C40H32N8O20S4. The van der Waals surface area contributed by atoms with Gasteiger partial charge in [-0.1, -0.05) is 30.3 Å². The number of aliphatic hydroxyl groups excluding tert-OH is 2. The van der Waals surface area contributed by atoms with Gasteiger partial charge < -0.3 is 35.0 Å². The summed E-state index contributed by atoms with van der Waals surface area (Å²) in [6.45, 7) is -1.73. The molecule has 0 amide bonds. The standard InChI is InChI=1S/C40H32N8O17S3.O3S/c49-13-15-64-31-20-30(32(65-16-14-50)19-29(31)43-42-28-12-5-21-3-1-2-4-27(21)38(28)68(61,62)63)44-45-34-33(67(58,59)60)18-22-17-24(8-11-26(22)37(34)51)48-39(52)35(36(47-48)40(53)54)46-41-23-6-9-25(10-7-23)66(55,56)57;1-4(2)3/h1-12,17-20,49-52H,13-16H2,(H,53,54)(H,55,56,57)(H,58,59,60)(H,61,62,63);. The van der Waals surface area contributed by atoms with Gasteiger partial charge >= 0.3 is 16.6 Å². The number of fused-ring (bicyclic) bond motifs is 2. The van der Waals surface area contributed by atoms with E-state index in [1.165, 1.54) is 24.3 Å². The molecule has 0 unspecified atom stereocenters. The maximum absolute atomic E-state index is 12.8. The first-order chi connectivity index (χ1) is 33.9. The van der Waals surface area contributed by atoms with E-state index < -0.39 is 104 Å². The van der Waals surface area contributed by atoms with Gasteiger partial charge in [0.05, 0.1) is 29.5 Å². The number of aromatic carboxylic acids is 1. The molecule has 8 N–H and O–H groups in total. The minimum absolute atomic E-state index is 0.0207. The topological polar surface area (TPSA) is 443 Å². The molecule has 0 aliphatic heterocycles. The molecule has 72 heavy (non-hydrogen) atoms. The van der Waals surface area contributed by atoms with Gasteiger partial charge in [-0.2, -0.15) is 40.1 Å². The number of benzene rings is 6. The van der Waals surface area contributed by atoms with Crippen molar-refractivity contribution in [3.8, 4) is 28.8 Å². The highest BCUT2D eigenvalue weighted by atomic mass is 32.2. The number of phenolic OH excluding ortho intramolecular Hbond substituents is 1. The SMILES string of the molecule is O=C(O)c1nn(-c2ccc3c(O)c(N=Nc4cc(OCCO)c(N=Nc5ccc6ccccc6c5S(=O)(=O)O)cc4OCCO)c(S(=O)(=O)O)cc3c2)c(O)c1N=Nc1ccc(S(=O)(=O)O)cc1.O=S(=O)=O. The number of nitrogens with zero attached hydrogens (tertiary/aromatic N) is 8. The molecule has 0 aliphatic carbocycles. The molecule has 6 aromatic carbocycles. The Morgan fingerprint density at radius 2 is 1.18 bits per heavy atom. The highest BCUT2D eigenvalue weighted by Crippen LogP contribution is 2.46. The number of phenols is 1. The molecule has 0 aliphatic rings. The van der Waals surface area contributed by atoms with Crippen LogP contribution in [0.4, 0.5) is 34.1 Å².